The van der Waals surface area contributed by atoms with Crippen molar-refractivity contribution >= 4 is 0 Å². The third-order valence-corrected chi connectivity index (χ3v) is 3.62. The van der Waals surface area contributed by atoms with Crippen LogP contribution in [0.25, 0.3) is 0 Å². The smallest absolute Gasteiger partial charge is 0.0613 e. The molecular formula is C11H24N2O. The van der Waals surface area contributed by atoms with Crippen LogP contribution in [0.1, 0.15) is 32.6 Å². The molecule has 3 heteroatoms. The standard InChI is InChI=1S/C11H24N2O/c1-4-7-13(3)10-5-6-11(8-10,9-14)12-2/h10,12,14H,4-9H2,1-3H3. The SMILES string of the molecule is CCCN(C)C1CCC(CO)(NC)C1. The Morgan fingerprint density at radius 1 is 1.57 bits per heavy atom. The van der Waals surface area contributed by atoms with Crippen molar-refractivity contribution in [1.82, 2.24) is 10.2 Å². The van der Waals surface area contributed by atoms with Gasteiger partial charge in [-0.25, -0.2) is 0 Å². The monoisotopic (exact) mass is 200 g/mol. The summed E-state index contributed by atoms with van der Waals surface area (Å²) in [4.78, 5) is 2.43. The highest BCUT2D eigenvalue weighted by molar-refractivity contribution is 4.98. The van der Waals surface area contributed by atoms with E-state index in [9.17, 15) is 5.11 Å². The van der Waals surface area contributed by atoms with Crippen LogP contribution in [0.4, 0.5) is 0 Å². The van der Waals surface area contributed by atoms with Crippen molar-refractivity contribution in [3.63, 3.8) is 0 Å². The Kier molecular flexibility index (Phi) is 4.35. The average molecular weight is 200 g/mol. The number of aliphatic hydroxyl groups excluding tert-OH is 1. The molecule has 0 heterocycles. The summed E-state index contributed by atoms with van der Waals surface area (Å²) in [6, 6.07) is 0.648. The van der Waals surface area contributed by atoms with E-state index < -0.39 is 0 Å². The Bertz CT molecular complexity index is 169. The maximum absolute atomic E-state index is 9.36. The molecule has 0 aromatic carbocycles. The van der Waals surface area contributed by atoms with Crippen LogP contribution in [0.2, 0.25) is 0 Å². The molecule has 0 aliphatic heterocycles. The van der Waals surface area contributed by atoms with Gasteiger partial charge in [0.15, 0.2) is 0 Å². The molecule has 2 unspecified atom stereocenters. The van der Waals surface area contributed by atoms with Crippen molar-refractivity contribution in [3.8, 4) is 0 Å². The van der Waals surface area contributed by atoms with Crippen LogP contribution >= 0.6 is 0 Å². The second-order valence-corrected chi connectivity index (χ2v) is 4.57. The molecule has 1 aliphatic carbocycles. The van der Waals surface area contributed by atoms with Crippen molar-refractivity contribution in [2.75, 3.05) is 27.2 Å². The van der Waals surface area contributed by atoms with E-state index in [0.717, 1.165) is 19.4 Å². The zero-order valence-electron chi connectivity index (χ0n) is 9.71. The van der Waals surface area contributed by atoms with Gasteiger partial charge < -0.3 is 15.3 Å². The Labute approximate surface area is 87.5 Å². The first-order chi connectivity index (χ1) is 6.67. The first kappa shape index (κ1) is 12.0. The van der Waals surface area contributed by atoms with Crippen LogP contribution in [0.15, 0.2) is 0 Å². The van der Waals surface area contributed by atoms with Gasteiger partial charge >= 0.3 is 0 Å². The first-order valence-corrected chi connectivity index (χ1v) is 5.67. The average Bonchev–Trinajstić information content (AvgIpc) is 2.63. The quantitative estimate of drug-likeness (QED) is 0.690. The lowest BCUT2D eigenvalue weighted by Gasteiger charge is -2.29. The van der Waals surface area contributed by atoms with Gasteiger partial charge in [-0.05, 0) is 46.3 Å². The lowest BCUT2D eigenvalue weighted by molar-refractivity contribution is 0.157. The van der Waals surface area contributed by atoms with E-state index in [1.165, 1.54) is 12.8 Å². The molecule has 1 aliphatic rings. The Balaban J connectivity index is 2.46. The molecular weight excluding hydrogens is 176 g/mol. The number of nitrogens with zero attached hydrogens (tertiary/aromatic N) is 1. The van der Waals surface area contributed by atoms with Gasteiger partial charge in [0.05, 0.1) is 6.61 Å². The third-order valence-electron chi connectivity index (χ3n) is 3.62. The summed E-state index contributed by atoms with van der Waals surface area (Å²) in [5, 5.41) is 12.6. The van der Waals surface area contributed by atoms with E-state index in [4.69, 9.17) is 0 Å². The van der Waals surface area contributed by atoms with E-state index >= 15 is 0 Å². The van der Waals surface area contributed by atoms with Gasteiger partial charge in [0, 0.05) is 11.6 Å². The van der Waals surface area contributed by atoms with Crippen LogP contribution in [0.5, 0.6) is 0 Å². The number of hydrogen-bond donors (Lipinski definition) is 2. The van der Waals surface area contributed by atoms with Crippen LogP contribution in [-0.2, 0) is 0 Å². The van der Waals surface area contributed by atoms with Crippen LogP contribution in [0.3, 0.4) is 0 Å². The highest BCUT2D eigenvalue weighted by atomic mass is 16.3. The molecule has 3 nitrogen and oxygen atoms in total. The van der Waals surface area contributed by atoms with Crippen molar-refractivity contribution in [2.24, 2.45) is 0 Å². The second-order valence-electron chi connectivity index (χ2n) is 4.57. The van der Waals surface area contributed by atoms with Crippen molar-refractivity contribution < 1.29 is 5.11 Å². The summed E-state index contributed by atoms with van der Waals surface area (Å²) in [5.74, 6) is 0. The summed E-state index contributed by atoms with van der Waals surface area (Å²) < 4.78 is 0. The highest BCUT2D eigenvalue weighted by Gasteiger charge is 2.38. The van der Waals surface area contributed by atoms with Crippen molar-refractivity contribution in [2.45, 2.75) is 44.2 Å². The lowest BCUT2D eigenvalue weighted by Crippen LogP contribution is -2.45. The van der Waals surface area contributed by atoms with E-state index in [-0.39, 0.29) is 12.1 Å². The Morgan fingerprint density at radius 3 is 2.71 bits per heavy atom. The van der Waals surface area contributed by atoms with Gasteiger partial charge in [-0.2, -0.15) is 0 Å². The van der Waals surface area contributed by atoms with Gasteiger partial charge in [-0.1, -0.05) is 6.92 Å². The second kappa shape index (κ2) is 5.10. The molecule has 0 radical (unpaired) electrons. The molecule has 2 N–H and O–H groups in total. The zero-order valence-corrected chi connectivity index (χ0v) is 9.71. The third kappa shape index (κ3) is 2.47. The number of aliphatic hydroxyl groups is 1. The first-order valence-electron chi connectivity index (χ1n) is 5.67. The van der Waals surface area contributed by atoms with Gasteiger partial charge in [0.25, 0.3) is 0 Å². The molecule has 1 rings (SSSR count). The normalized spacial score (nSPS) is 32.8. The summed E-state index contributed by atoms with van der Waals surface area (Å²) >= 11 is 0. The predicted molar refractivity (Wildman–Crippen MR) is 59.4 cm³/mol. The summed E-state index contributed by atoms with van der Waals surface area (Å²) in [6.07, 6.45) is 4.59. The molecule has 0 aromatic heterocycles. The fourth-order valence-electron chi connectivity index (χ4n) is 2.46. The highest BCUT2D eigenvalue weighted by Crippen LogP contribution is 2.31. The minimum absolute atomic E-state index is 0.00727. The summed E-state index contributed by atoms with van der Waals surface area (Å²) in [5.41, 5.74) is -0.00727. The molecule has 1 saturated carbocycles. The minimum atomic E-state index is -0.00727. The fourth-order valence-corrected chi connectivity index (χ4v) is 2.46. The molecule has 14 heavy (non-hydrogen) atoms. The van der Waals surface area contributed by atoms with Gasteiger partial charge in [0.1, 0.15) is 0 Å². The van der Waals surface area contributed by atoms with Gasteiger partial charge in [-0.15, -0.1) is 0 Å². The largest absolute Gasteiger partial charge is 0.394 e. The molecule has 84 valence electrons. The maximum Gasteiger partial charge on any atom is 0.0613 e. The summed E-state index contributed by atoms with van der Waals surface area (Å²) in [6.45, 7) is 3.64. The van der Waals surface area contributed by atoms with Crippen LogP contribution in [0, 0.1) is 0 Å². The van der Waals surface area contributed by atoms with Crippen molar-refractivity contribution in [3.05, 3.63) is 0 Å². The Hall–Kier alpha value is -0.120. The van der Waals surface area contributed by atoms with Crippen LogP contribution < -0.4 is 5.32 Å². The number of nitrogens with one attached hydrogen (secondary N) is 1. The topological polar surface area (TPSA) is 35.5 Å². The predicted octanol–water partition coefficient (Wildman–Crippen LogP) is 0.831. The molecule has 0 bridgehead atoms. The molecule has 1 fully saturated rings. The molecule has 2 atom stereocenters. The lowest BCUT2D eigenvalue weighted by atomic mass is 9.99. The molecule has 0 saturated heterocycles. The number of hydrogen-bond acceptors (Lipinski definition) is 3. The van der Waals surface area contributed by atoms with E-state index in [1.54, 1.807) is 0 Å². The van der Waals surface area contributed by atoms with E-state index in [2.05, 4.69) is 24.2 Å². The Morgan fingerprint density at radius 2 is 2.29 bits per heavy atom. The molecule has 0 spiro atoms. The molecule has 0 amide bonds. The van der Waals surface area contributed by atoms with Crippen molar-refractivity contribution in [1.29, 1.82) is 0 Å². The number of rotatable bonds is 5. The van der Waals surface area contributed by atoms with Gasteiger partial charge in [-0.3, -0.25) is 0 Å². The minimum Gasteiger partial charge on any atom is -0.394 e. The van der Waals surface area contributed by atoms with Crippen LogP contribution in [-0.4, -0.2) is 48.8 Å². The zero-order chi connectivity index (χ0) is 10.6. The maximum atomic E-state index is 9.36. The summed E-state index contributed by atoms with van der Waals surface area (Å²) in [7, 11) is 4.15. The van der Waals surface area contributed by atoms with Gasteiger partial charge in [0.2, 0.25) is 0 Å². The van der Waals surface area contributed by atoms with E-state index in [1.807, 2.05) is 7.05 Å². The number of likely N-dealkylation sites (N-methyl/N-ethyl adjacent to an activating group) is 1. The molecule has 0 aromatic rings. The van der Waals surface area contributed by atoms with E-state index in [0.29, 0.717) is 6.04 Å². The fraction of sp³-hybridized carbons (Fsp3) is 1.00.